The molecule has 85 heavy (non-hydrogen) atoms. The van der Waals surface area contributed by atoms with Crippen LogP contribution in [-0.4, -0.2) is 29.4 Å². The lowest BCUT2D eigenvalue weighted by molar-refractivity contribution is 0.508. The van der Waals surface area contributed by atoms with Gasteiger partial charge in [0.2, 0.25) is 12.2 Å². The Labute approximate surface area is 492 Å². The predicted molar refractivity (Wildman–Crippen MR) is 353 cm³/mol. The molecule has 1 aliphatic heterocycles. The molecule has 0 amide bonds. The number of nitrogens with one attached hydrogen (secondary N) is 1. The Kier molecular flexibility index (Phi) is 10.9. The number of aliphatic imine (C=N–C) groups is 1. The van der Waals surface area contributed by atoms with E-state index in [0.717, 1.165) is 123 Å². The lowest BCUT2D eigenvalue weighted by atomic mass is 9.82. The fourth-order valence-electron chi connectivity index (χ4n) is 14.0. The van der Waals surface area contributed by atoms with Crippen molar-refractivity contribution in [1.82, 2.24) is 29.0 Å². The molecular weight excluding hydrogens is 1030 g/mol. The molecular formula is C78H57N7. The van der Waals surface area contributed by atoms with E-state index in [1.807, 2.05) is 0 Å². The molecule has 2 atom stereocenters. The predicted octanol–water partition coefficient (Wildman–Crippen LogP) is 19.0. The van der Waals surface area contributed by atoms with Crippen LogP contribution in [-0.2, 0) is 5.41 Å². The molecule has 14 aromatic rings. The van der Waals surface area contributed by atoms with Crippen molar-refractivity contribution in [1.29, 1.82) is 0 Å². The topological polar surface area (TPSA) is 65.0 Å². The molecule has 3 aliphatic rings. The molecule has 0 saturated carbocycles. The zero-order valence-electron chi connectivity index (χ0n) is 47.4. The number of hydrogen-bond donors (Lipinski definition) is 1. The Hall–Kier alpha value is -10.6. The van der Waals surface area contributed by atoms with Gasteiger partial charge in [0.15, 0.2) is 0 Å². The van der Waals surface area contributed by atoms with Gasteiger partial charge in [-0.2, -0.15) is 0 Å². The molecule has 0 radical (unpaired) electrons. The minimum atomic E-state index is -0.439. The van der Waals surface area contributed by atoms with E-state index in [0.29, 0.717) is 11.9 Å². The van der Waals surface area contributed by atoms with Gasteiger partial charge in [0, 0.05) is 60.2 Å². The summed E-state index contributed by atoms with van der Waals surface area (Å²) in [5.41, 5.74) is 23.2. The van der Waals surface area contributed by atoms with Gasteiger partial charge in [0.25, 0.3) is 0 Å². The van der Waals surface area contributed by atoms with Crippen LogP contribution in [0.5, 0.6) is 0 Å². The van der Waals surface area contributed by atoms with Crippen molar-refractivity contribution in [2.24, 2.45) is 10.9 Å². The van der Waals surface area contributed by atoms with E-state index in [1.54, 1.807) is 0 Å². The number of fused-ring (bicyclic) bond motifs is 12. The highest BCUT2D eigenvalue weighted by Gasteiger charge is 2.37. The summed E-state index contributed by atoms with van der Waals surface area (Å²) in [4.78, 5) is 16.5. The van der Waals surface area contributed by atoms with Gasteiger partial charge in [0.05, 0.1) is 50.2 Å². The van der Waals surface area contributed by atoms with Crippen LogP contribution in [0.25, 0.3) is 122 Å². The highest BCUT2D eigenvalue weighted by Crippen LogP contribution is 2.51. The van der Waals surface area contributed by atoms with Crippen LogP contribution < -0.4 is 5.32 Å². The lowest BCUT2D eigenvalue weighted by Gasteiger charge is -2.27. The van der Waals surface area contributed by atoms with Crippen LogP contribution >= 0.6 is 0 Å². The molecule has 5 heterocycles. The van der Waals surface area contributed by atoms with Crippen molar-refractivity contribution < 1.29 is 0 Å². The maximum absolute atomic E-state index is 5.70. The summed E-state index contributed by atoms with van der Waals surface area (Å²) in [6, 6.07) is 86.0. The average Bonchev–Trinajstić information content (AvgIpc) is 1.64. The molecule has 1 N–H and O–H groups in total. The molecule has 17 rings (SSSR count). The van der Waals surface area contributed by atoms with Crippen molar-refractivity contribution in [2.75, 3.05) is 0 Å². The Balaban J connectivity index is 0.826. The highest BCUT2D eigenvalue weighted by atomic mass is 15.3. The minimum Gasteiger partial charge on any atom is -0.346 e. The third-order valence-electron chi connectivity index (χ3n) is 18.2. The first kappa shape index (κ1) is 49.0. The first-order chi connectivity index (χ1) is 41.8. The quantitative estimate of drug-likeness (QED) is 0.165. The Bertz CT molecular complexity index is 5220. The summed E-state index contributed by atoms with van der Waals surface area (Å²) in [6.45, 7) is 6.98. The van der Waals surface area contributed by atoms with Crippen molar-refractivity contribution in [2.45, 2.75) is 38.9 Å². The number of aromatic nitrogens is 5. The van der Waals surface area contributed by atoms with E-state index in [-0.39, 0.29) is 5.41 Å². The third kappa shape index (κ3) is 7.77. The summed E-state index contributed by atoms with van der Waals surface area (Å²) < 4.78 is 7.14. The van der Waals surface area contributed by atoms with E-state index in [9.17, 15) is 0 Å². The van der Waals surface area contributed by atoms with Crippen LogP contribution in [0.1, 0.15) is 61.4 Å². The third-order valence-corrected chi connectivity index (χ3v) is 18.2. The highest BCUT2D eigenvalue weighted by molar-refractivity contribution is 6.20. The molecule has 7 nitrogen and oxygen atoms in total. The largest absolute Gasteiger partial charge is 0.346 e. The zero-order valence-corrected chi connectivity index (χ0v) is 47.4. The number of benzene rings is 10. The van der Waals surface area contributed by atoms with Gasteiger partial charge in [-0.05, 0) is 130 Å². The minimum absolute atomic E-state index is 0.155. The van der Waals surface area contributed by atoms with E-state index < -0.39 is 6.29 Å². The molecule has 2 aliphatic carbocycles. The summed E-state index contributed by atoms with van der Waals surface area (Å²) >= 11 is 0. The van der Waals surface area contributed by atoms with Gasteiger partial charge in [0.1, 0.15) is 0 Å². The van der Waals surface area contributed by atoms with Gasteiger partial charge in [-0.15, -0.1) is 0 Å². The van der Waals surface area contributed by atoms with Crippen LogP contribution in [0.4, 0.5) is 0 Å². The standard InChI is InChI=1S/C78H57N7/c1-48-34-36-51(37-35-48)68-46-66(49-20-7-4-8-21-49)79-76(81-68)84-71-33-18-15-30-58(71)62-43-73-63(44-74(62)84)59-39-38-53(41-72(59)83(73)55-26-11-6-12-27-55)52-24-19-25-54(40-52)69-47-67(50-22-9-5-10-23-50)80-77(82-69)85-70-32-17-14-29-57(70)61-42-60-56-28-13-16-31-64(56)78(2,3)65(60)45-75(61)85/h4-34,36-48,77,80H,35H2,1-3H3. The monoisotopic (exact) mass is 1090 g/mol. The van der Waals surface area contributed by atoms with E-state index in [4.69, 9.17) is 15.0 Å². The average molecular weight is 1090 g/mol. The normalized spacial score (nSPS) is 16.2. The molecule has 0 fully saturated rings. The Morgan fingerprint density at radius 1 is 0.447 bits per heavy atom. The molecule has 7 heteroatoms. The first-order valence-corrected chi connectivity index (χ1v) is 29.6. The maximum atomic E-state index is 5.70. The molecule has 0 saturated heterocycles. The second-order valence-corrected chi connectivity index (χ2v) is 23.7. The fraction of sp³-hybridized carbons (Fsp3) is 0.0897. The second-order valence-electron chi connectivity index (χ2n) is 23.7. The maximum Gasteiger partial charge on any atom is 0.235 e. The summed E-state index contributed by atoms with van der Waals surface area (Å²) in [5, 5.41) is 11.0. The first-order valence-electron chi connectivity index (χ1n) is 29.6. The van der Waals surface area contributed by atoms with Crippen molar-refractivity contribution in [3.8, 4) is 45.1 Å². The lowest BCUT2D eigenvalue weighted by Crippen LogP contribution is -2.29. The Morgan fingerprint density at radius 2 is 1.06 bits per heavy atom. The zero-order chi connectivity index (χ0) is 56.5. The van der Waals surface area contributed by atoms with E-state index >= 15 is 0 Å². The van der Waals surface area contributed by atoms with Crippen LogP contribution in [0.15, 0.2) is 266 Å². The van der Waals surface area contributed by atoms with E-state index in [2.05, 4.69) is 301 Å². The SMILES string of the molecule is CC1C=CC(c2cc(-c3ccccc3)nc(-n3c4ccccc4c4cc5c(cc43)c3ccc(-c4cccc(C6=NC(n7c8ccccc8c8cc9c(cc87)C(C)(C)c7ccccc7-9)NC(c7ccccc7)=C6)c4)cc3n5-c3ccccc3)n2)=CC1. The Morgan fingerprint density at radius 3 is 1.84 bits per heavy atom. The fourth-order valence-corrected chi connectivity index (χ4v) is 14.0. The smallest absolute Gasteiger partial charge is 0.235 e. The van der Waals surface area contributed by atoms with Crippen molar-refractivity contribution in [3.63, 3.8) is 0 Å². The van der Waals surface area contributed by atoms with Crippen molar-refractivity contribution >= 4 is 82.4 Å². The number of allylic oxidation sites excluding steroid dienone is 5. The molecule has 10 aromatic carbocycles. The molecule has 0 bridgehead atoms. The second kappa shape index (κ2) is 19.0. The van der Waals surface area contributed by atoms with Crippen LogP contribution in [0, 0.1) is 5.92 Å². The number of hydrogen-bond acceptors (Lipinski definition) is 4. The van der Waals surface area contributed by atoms with Gasteiger partial charge < -0.3 is 14.5 Å². The van der Waals surface area contributed by atoms with Gasteiger partial charge in [-0.3, -0.25) is 4.57 Å². The van der Waals surface area contributed by atoms with Gasteiger partial charge in [-0.1, -0.05) is 209 Å². The van der Waals surface area contributed by atoms with Crippen LogP contribution in [0.3, 0.4) is 0 Å². The summed E-state index contributed by atoms with van der Waals surface area (Å²) in [6.07, 6.45) is 9.58. The number of para-hydroxylation sites is 3. The summed E-state index contributed by atoms with van der Waals surface area (Å²) in [7, 11) is 0. The van der Waals surface area contributed by atoms with Gasteiger partial charge in [-0.25, -0.2) is 15.0 Å². The van der Waals surface area contributed by atoms with Crippen molar-refractivity contribution in [3.05, 3.63) is 289 Å². The van der Waals surface area contributed by atoms with E-state index in [1.165, 1.54) is 33.0 Å². The number of rotatable bonds is 8. The molecule has 4 aromatic heterocycles. The summed E-state index contributed by atoms with van der Waals surface area (Å²) in [5.74, 6) is 1.13. The molecule has 404 valence electrons. The number of nitrogens with zero attached hydrogens (tertiary/aromatic N) is 6. The molecule has 0 spiro atoms. The van der Waals surface area contributed by atoms with Gasteiger partial charge >= 0.3 is 0 Å². The van der Waals surface area contributed by atoms with Crippen LogP contribution in [0.2, 0.25) is 0 Å². The molecule has 2 unspecified atom stereocenters.